The van der Waals surface area contributed by atoms with Crippen molar-refractivity contribution >= 4 is 11.6 Å². The van der Waals surface area contributed by atoms with E-state index in [1.165, 1.54) is 0 Å². The van der Waals surface area contributed by atoms with E-state index in [0.717, 1.165) is 0 Å². The van der Waals surface area contributed by atoms with Crippen LogP contribution < -0.4 is 10.6 Å². The molecule has 0 saturated heterocycles. The van der Waals surface area contributed by atoms with Crippen LogP contribution in [0.4, 0.5) is 5.69 Å². The minimum Gasteiger partial charge on any atom is -0.373 e. The maximum atomic E-state index is 11.6. The van der Waals surface area contributed by atoms with Gasteiger partial charge in [0.2, 0.25) is 5.91 Å². The Labute approximate surface area is 101 Å². The first-order valence-corrected chi connectivity index (χ1v) is 5.16. The number of nitrogens with one attached hydrogen (secondary N) is 2. The quantitative estimate of drug-likeness (QED) is 0.757. The van der Waals surface area contributed by atoms with Gasteiger partial charge in [-0.15, -0.1) is 6.42 Å². The minimum atomic E-state index is -0.446. The van der Waals surface area contributed by atoms with Crippen LogP contribution >= 0.6 is 0 Å². The second-order valence-corrected chi connectivity index (χ2v) is 3.45. The molecule has 1 aromatic rings. The van der Waals surface area contributed by atoms with Gasteiger partial charge in [0.1, 0.15) is 12.1 Å². The summed E-state index contributed by atoms with van der Waals surface area (Å²) in [5, 5.41) is 14.4. The molecule has 1 unspecified atom stereocenters. The fourth-order valence-electron chi connectivity index (χ4n) is 1.30. The second kappa shape index (κ2) is 6.19. The van der Waals surface area contributed by atoms with Gasteiger partial charge in [0.25, 0.3) is 0 Å². The van der Waals surface area contributed by atoms with Crippen molar-refractivity contribution in [2.75, 3.05) is 11.9 Å². The summed E-state index contributed by atoms with van der Waals surface area (Å²) in [6, 6.07) is 8.62. The summed E-state index contributed by atoms with van der Waals surface area (Å²) in [5.74, 6) is 2.13. The van der Waals surface area contributed by atoms with Gasteiger partial charge in [-0.25, -0.2) is 0 Å². The molecule has 86 valence electrons. The molecule has 0 radical (unpaired) electrons. The smallest absolute Gasteiger partial charge is 0.242 e. The van der Waals surface area contributed by atoms with Crippen molar-refractivity contribution in [1.82, 2.24) is 5.32 Å². The van der Waals surface area contributed by atoms with E-state index in [4.69, 9.17) is 11.7 Å². The van der Waals surface area contributed by atoms with Crippen molar-refractivity contribution in [2.24, 2.45) is 0 Å². The van der Waals surface area contributed by atoms with E-state index in [2.05, 4.69) is 22.6 Å². The van der Waals surface area contributed by atoms with Crippen molar-refractivity contribution in [2.45, 2.75) is 13.0 Å². The zero-order valence-corrected chi connectivity index (χ0v) is 9.53. The Morgan fingerprint density at radius 3 is 2.88 bits per heavy atom. The number of benzene rings is 1. The Morgan fingerprint density at radius 2 is 2.24 bits per heavy atom. The lowest BCUT2D eigenvalue weighted by atomic mass is 10.1. The molecule has 0 bridgehead atoms. The van der Waals surface area contributed by atoms with Crippen LogP contribution in [-0.2, 0) is 4.79 Å². The van der Waals surface area contributed by atoms with Gasteiger partial charge in [0.05, 0.1) is 17.8 Å². The topological polar surface area (TPSA) is 64.9 Å². The zero-order chi connectivity index (χ0) is 12.7. The fourth-order valence-corrected chi connectivity index (χ4v) is 1.30. The summed E-state index contributed by atoms with van der Waals surface area (Å²) in [6.07, 6.45) is 5.05. The SMILES string of the molecule is C#CCNC(=O)C(C)Nc1ccccc1C#N. The van der Waals surface area contributed by atoms with Crippen molar-refractivity contribution in [3.05, 3.63) is 29.8 Å². The van der Waals surface area contributed by atoms with E-state index in [9.17, 15) is 4.79 Å². The molecule has 0 spiro atoms. The van der Waals surface area contributed by atoms with E-state index in [-0.39, 0.29) is 12.5 Å². The van der Waals surface area contributed by atoms with Crippen LogP contribution in [0.2, 0.25) is 0 Å². The average molecular weight is 227 g/mol. The van der Waals surface area contributed by atoms with E-state index in [1.54, 1.807) is 31.2 Å². The molecule has 0 fully saturated rings. The maximum absolute atomic E-state index is 11.6. The number of para-hydroxylation sites is 1. The monoisotopic (exact) mass is 227 g/mol. The van der Waals surface area contributed by atoms with Gasteiger partial charge < -0.3 is 10.6 Å². The van der Waals surface area contributed by atoms with Gasteiger partial charge in [0, 0.05) is 0 Å². The van der Waals surface area contributed by atoms with Gasteiger partial charge in [-0.3, -0.25) is 4.79 Å². The normalized spacial score (nSPS) is 10.8. The van der Waals surface area contributed by atoms with Gasteiger partial charge >= 0.3 is 0 Å². The molecule has 0 saturated carbocycles. The molecule has 1 atom stereocenters. The van der Waals surface area contributed by atoms with Gasteiger partial charge in [-0.05, 0) is 19.1 Å². The average Bonchev–Trinajstić information content (AvgIpc) is 2.36. The summed E-state index contributed by atoms with van der Waals surface area (Å²) in [5.41, 5.74) is 1.14. The fraction of sp³-hybridized carbons (Fsp3) is 0.231. The molecular formula is C13H13N3O. The predicted molar refractivity (Wildman–Crippen MR) is 66.1 cm³/mol. The molecule has 0 aromatic heterocycles. The van der Waals surface area contributed by atoms with Gasteiger partial charge in [-0.2, -0.15) is 5.26 Å². The predicted octanol–water partition coefficient (Wildman–Crippen LogP) is 1.11. The Bertz CT molecular complexity index is 482. The molecule has 0 aliphatic heterocycles. The van der Waals surface area contributed by atoms with Crippen molar-refractivity contribution in [3.63, 3.8) is 0 Å². The maximum Gasteiger partial charge on any atom is 0.242 e. The van der Waals surface area contributed by atoms with Crippen molar-refractivity contribution in [1.29, 1.82) is 5.26 Å². The molecule has 4 nitrogen and oxygen atoms in total. The lowest BCUT2D eigenvalue weighted by Crippen LogP contribution is -2.37. The zero-order valence-electron chi connectivity index (χ0n) is 9.53. The lowest BCUT2D eigenvalue weighted by Gasteiger charge is -2.15. The summed E-state index contributed by atoms with van der Waals surface area (Å²) in [6.45, 7) is 1.91. The number of terminal acetylenes is 1. The van der Waals surface area contributed by atoms with Crippen LogP contribution in [-0.4, -0.2) is 18.5 Å². The molecule has 0 aliphatic rings. The number of hydrogen-bond acceptors (Lipinski definition) is 3. The van der Waals surface area contributed by atoms with E-state index in [0.29, 0.717) is 11.3 Å². The van der Waals surface area contributed by atoms with Gasteiger partial charge in [-0.1, -0.05) is 18.1 Å². The highest BCUT2D eigenvalue weighted by Crippen LogP contribution is 2.14. The Balaban J connectivity index is 2.69. The Hall–Kier alpha value is -2.46. The molecule has 1 rings (SSSR count). The second-order valence-electron chi connectivity index (χ2n) is 3.45. The van der Waals surface area contributed by atoms with Crippen LogP contribution in [0.15, 0.2) is 24.3 Å². The number of rotatable bonds is 4. The third-order valence-corrected chi connectivity index (χ3v) is 2.18. The van der Waals surface area contributed by atoms with Crippen LogP contribution in [0.25, 0.3) is 0 Å². The molecule has 0 aliphatic carbocycles. The molecule has 2 N–H and O–H groups in total. The Morgan fingerprint density at radius 1 is 1.53 bits per heavy atom. The van der Waals surface area contributed by atoms with Crippen molar-refractivity contribution in [3.8, 4) is 18.4 Å². The van der Waals surface area contributed by atoms with Crippen molar-refractivity contribution < 1.29 is 4.79 Å². The minimum absolute atomic E-state index is 0.198. The first kappa shape index (κ1) is 12.6. The van der Waals surface area contributed by atoms with Crippen LogP contribution in [0, 0.1) is 23.7 Å². The number of amides is 1. The van der Waals surface area contributed by atoms with E-state index < -0.39 is 6.04 Å². The third-order valence-electron chi connectivity index (χ3n) is 2.18. The number of carbonyl (C=O) groups excluding carboxylic acids is 1. The summed E-state index contributed by atoms with van der Waals surface area (Å²) in [4.78, 5) is 11.6. The van der Waals surface area contributed by atoms with Crippen LogP contribution in [0.3, 0.4) is 0 Å². The first-order chi connectivity index (χ1) is 8.19. The highest BCUT2D eigenvalue weighted by atomic mass is 16.2. The highest BCUT2D eigenvalue weighted by Gasteiger charge is 2.12. The van der Waals surface area contributed by atoms with Crippen LogP contribution in [0.5, 0.6) is 0 Å². The molecular weight excluding hydrogens is 214 g/mol. The summed E-state index contributed by atoms with van der Waals surface area (Å²) < 4.78 is 0. The first-order valence-electron chi connectivity index (χ1n) is 5.16. The van der Waals surface area contributed by atoms with Gasteiger partial charge in [0.15, 0.2) is 0 Å². The number of hydrogen-bond donors (Lipinski definition) is 2. The lowest BCUT2D eigenvalue weighted by molar-refractivity contribution is -0.121. The standard InChI is InChI=1S/C13H13N3O/c1-3-8-15-13(17)10(2)16-12-7-5-4-6-11(12)9-14/h1,4-7,10,16H,8H2,2H3,(H,15,17). The van der Waals surface area contributed by atoms with E-state index in [1.807, 2.05) is 0 Å². The van der Waals surface area contributed by atoms with Crippen LogP contribution in [0.1, 0.15) is 12.5 Å². The largest absolute Gasteiger partial charge is 0.373 e. The number of nitrogens with zero attached hydrogens (tertiary/aromatic N) is 1. The number of nitriles is 1. The third kappa shape index (κ3) is 3.55. The molecule has 4 heteroatoms. The summed E-state index contributed by atoms with van der Waals surface area (Å²) >= 11 is 0. The number of anilines is 1. The Kier molecular flexibility index (Phi) is 4.59. The molecule has 17 heavy (non-hydrogen) atoms. The summed E-state index contributed by atoms with van der Waals surface area (Å²) in [7, 11) is 0. The molecule has 1 aromatic carbocycles. The van der Waals surface area contributed by atoms with E-state index >= 15 is 0 Å². The molecule has 1 amide bonds. The molecule has 0 heterocycles. The number of carbonyl (C=O) groups is 1. The highest BCUT2D eigenvalue weighted by molar-refractivity contribution is 5.84.